The fourth-order valence-electron chi connectivity index (χ4n) is 3.21. The predicted molar refractivity (Wildman–Crippen MR) is 112 cm³/mol. The number of likely N-dealkylation sites (tertiary alicyclic amines) is 1. The molecule has 1 atom stereocenters. The van der Waals surface area contributed by atoms with Gasteiger partial charge in [-0.05, 0) is 31.4 Å². The van der Waals surface area contributed by atoms with Crippen LogP contribution in [0.5, 0.6) is 0 Å². The van der Waals surface area contributed by atoms with Crippen LogP contribution in [0.25, 0.3) is 0 Å². The van der Waals surface area contributed by atoms with E-state index in [2.05, 4.69) is 57.8 Å². The molecule has 0 radical (unpaired) electrons. The monoisotopic (exact) mass is 373 g/mol. The molecule has 6 nitrogen and oxygen atoms in total. The van der Waals surface area contributed by atoms with Gasteiger partial charge in [0, 0.05) is 39.8 Å². The number of benzene rings is 1. The number of carbonyl (C=O) groups is 1. The van der Waals surface area contributed by atoms with Crippen LogP contribution in [0.15, 0.2) is 35.3 Å². The second kappa shape index (κ2) is 11.6. The molecule has 0 saturated carbocycles. The van der Waals surface area contributed by atoms with Crippen molar-refractivity contribution in [3.63, 3.8) is 0 Å². The van der Waals surface area contributed by atoms with E-state index in [9.17, 15) is 4.79 Å². The zero-order valence-corrected chi connectivity index (χ0v) is 17.1. The molecular formula is C21H35N5O. The lowest BCUT2D eigenvalue weighted by Crippen LogP contribution is -2.45. The minimum atomic E-state index is 0.0122. The smallest absolute Gasteiger partial charge is 0.243 e. The van der Waals surface area contributed by atoms with Crippen LogP contribution < -0.4 is 10.6 Å². The van der Waals surface area contributed by atoms with Crippen LogP contribution in [-0.2, 0) is 11.3 Å². The summed E-state index contributed by atoms with van der Waals surface area (Å²) < 4.78 is 0. The fourth-order valence-corrected chi connectivity index (χ4v) is 3.21. The Balaban J connectivity index is 1.89. The summed E-state index contributed by atoms with van der Waals surface area (Å²) >= 11 is 0. The van der Waals surface area contributed by atoms with Crippen molar-refractivity contribution < 1.29 is 4.79 Å². The third kappa shape index (κ3) is 7.59. The van der Waals surface area contributed by atoms with Crippen molar-refractivity contribution in [2.45, 2.75) is 45.2 Å². The van der Waals surface area contributed by atoms with E-state index < -0.39 is 0 Å². The normalized spacial score (nSPS) is 17.7. The third-order valence-corrected chi connectivity index (χ3v) is 4.93. The van der Waals surface area contributed by atoms with Crippen molar-refractivity contribution in [2.24, 2.45) is 4.99 Å². The number of rotatable bonds is 9. The lowest BCUT2D eigenvalue weighted by molar-refractivity contribution is -0.127. The Labute approximate surface area is 164 Å². The SMILES string of the molecule is CCCCNC(=NCC(=O)N(C)C)NCC1CCCN1Cc1ccccc1. The molecule has 1 unspecified atom stereocenters. The van der Waals surface area contributed by atoms with Gasteiger partial charge < -0.3 is 15.5 Å². The number of nitrogens with one attached hydrogen (secondary N) is 2. The van der Waals surface area contributed by atoms with Crippen molar-refractivity contribution in [3.05, 3.63) is 35.9 Å². The topological polar surface area (TPSA) is 60.0 Å². The molecule has 1 fully saturated rings. The summed E-state index contributed by atoms with van der Waals surface area (Å²) in [5.41, 5.74) is 1.36. The molecule has 0 aliphatic carbocycles. The second-order valence-electron chi connectivity index (χ2n) is 7.37. The number of hydrogen-bond acceptors (Lipinski definition) is 3. The number of unbranched alkanes of at least 4 members (excludes halogenated alkanes) is 1. The fraction of sp³-hybridized carbons (Fsp3) is 0.619. The molecule has 150 valence electrons. The van der Waals surface area contributed by atoms with Gasteiger partial charge in [-0.3, -0.25) is 9.69 Å². The number of hydrogen-bond donors (Lipinski definition) is 2. The number of likely N-dealkylation sites (N-methyl/N-ethyl adjacent to an activating group) is 1. The summed E-state index contributed by atoms with van der Waals surface area (Å²) in [5, 5.41) is 6.81. The molecule has 0 bridgehead atoms. The molecule has 1 aliphatic rings. The van der Waals surface area contributed by atoms with E-state index in [1.165, 1.54) is 18.4 Å². The largest absolute Gasteiger partial charge is 0.356 e. The van der Waals surface area contributed by atoms with E-state index in [-0.39, 0.29) is 12.5 Å². The van der Waals surface area contributed by atoms with Crippen molar-refractivity contribution in [1.82, 2.24) is 20.4 Å². The molecule has 1 heterocycles. The number of carbonyl (C=O) groups excluding carboxylic acids is 1. The molecule has 1 saturated heterocycles. The van der Waals surface area contributed by atoms with Crippen molar-refractivity contribution >= 4 is 11.9 Å². The highest BCUT2D eigenvalue weighted by molar-refractivity contribution is 5.84. The minimum absolute atomic E-state index is 0.0122. The molecule has 1 aromatic rings. The molecule has 6 heteroatoms. The highest BCUT2D eigenvalue weighted by Crippen LogP contribution is 2.19. The standard InChI is InChI=1S/C21H35N5O/c1-4-5-13-22-21(24-16-20(27)25(2)3)23-15-19-12-9-14-26(19)17-18-10-7-6-8-11-18/h6-8,10-11,19H,4-5,9,12-17H2,1-3H3,(H2,22,23,24). The average Bonchev–Trinajstić information content (AvgIpc) is 3.11. The first-order chi connectivity index (χ1) is 13.1. The van der Waals surface area contributed by atoms with Gasteiger partial charge in [0.2, 0.25) is 5.91 Å². The van der Waals surface area contributed by atoms with Gasteiger partial charge in [0.1, 0.15) is 6.54 Å². The molecular weight excluding hydrogens is 338 g/mol. The highest BCUT2D eigenvalue weighted by Gasteiger charge is 2.24. The van der Waals surface area contributed by atoms with Crippen LogP contribution in [0, 0.1) is 0 Å². The van der Waals surface area contributed by atoms with Crippen LogP contribution >= 0.6 is 0 Å². The highest BCUT2D eigenvalue weighted by atomic mass is 16.2. The molecule has 0 spiro atoms. The Morgan fingerprint density at radius 2 is 2.04 bits per heavy atom. The van der Waals surface area contributed by atoms with Crippen LogP contribution in [-0.4, -0.2) is 68.0 Å². The summed E-state index contributed by atoms with van der Waals surface area (Å²) in [4.78, 5) is 20.4. The van der Waals surface area contributed by atoms with Crippen LogP contribution in [0.1, 0.15) is 38.2 Å². The molecule has 2 N–H and O–H groups in total. The Morgan fingerprint density at radius 3 is 2.74 bits per heavy atom. The number of aliphatic imine (C=N–C) groups is 1. The predicted octanol–water partition coefficient (Wildman–Crippen LogP) is 2.07. The lowest BCUT2D eigenvalue weighted by atomic mass is 10.2. The zero-order valence-electron chi connectivity index (χ0n) is 17.1. The van der Waals surface area contributed by atoms with E-state index in [1.807, 2.05) is 0 Å². The summed E-state index contributed by atoms with van der Waals surface area (Å²) in [6, 6.07) is 11.1. The first-order valence-electron chi connectivity index (χ1n) is 10.1. The molecule has 27 heavy (non-hydrogen) atoms. The quantitative estimate of drug-likeness (QED) is 0.395. The van der Waals surface area contributed by atoms with Gasteiger partial charge in [0.25, 0.3) is 0 Å². The maximum atomic E-state index is 11.8. The maximum Gasteiger partial charge on any atom is 0.243 e. The lowest BCUT2D eigenvalue weighted by Gasteiger charge is -2.25. The molecule has 2 rings (SSSR count). The third-order valence-electron chi connectivity index (χ3n) is 4.93. The van der Waals surface area contributed by atoms with Crippen LogP contribution in [0.3, 0.4) is 0 Å². The number of guanidine groups is 1. The molecule has 1 aromatic carbocycles. The number of nitrogens with zero attached hydrogens (tertiary/aromatic N) is 3. The van der Waals surface area contributed by atoms with Crippen molar-refractivity contribution in [2.75, 3.05) is 40.3 Å². The summed E-state index contributed by atoms with van der Waals surface area (Å²) in [5.74, 6) is 0.753. The summed E-state index contributed by atoms with van der Waals surface area (Å²) in [7, 11) is 3.52. The van der Waals surface area contributed by atoms with Gasteiger partial charge in [0.05, 0.1) is 0 Å². The maximum absolute atomic E-state index is 11.8. The van der Waals surface area contributed by atoms with Crippen molar-refractivity contribution in [3.8, 4) is 0 Å². The zero-order chi connectivity index (χ0) is 19.5. The Kier molecular flexibility index (Phi) is 9.11. The number of amides is 1. The first kappa shape index (κ1) is 21.2. The van der Waals surface area contributed by atoms with Gasteiger partial charge in [-0.15, -0.1) is 0 Å². The van der Waals surface area contributed by atoms with E-state index in [0.29, 0.717) is 6.04 Å². The van der Waals surface area contributed by atoms with Crippen molar-refractivity contribution in [1.29, 1.82) is 0 Å². The van der Waals surface area contributed by atoms with E-state index in [1.54, 1.807) is 19.0 Å². The summed E-state index contributed by atoms with van der Waals surface area (Å²) in [6.45, 7) is 6.18. The van der Waals surface area contributed by atoms with E-state index in [4.69, 9.17) is 0 Å². The molecule has 1 amide bonds. The van der Waals surface area contributed by atoms with E-state index in [0.717, 1.165) is 45.0 Å². The second-order valence-corrected chi connectivity index (χ2v) is 7.37. The first-order valence-corrected chi connectivity index (χ1v) is 10.1. The molecule has 0 aromatic heterocycles. The Hall–Kier alpha value is -2.08. The minimum Gasteiger partial charge on any atom is -0.356 e. The van der Waals surface area contributed by atoms with Crippen LogP contribution in [0.4, 0.5) is 0 Å². The molecule has 1 aliphatic heterocycles. The van der Waals surface area contributed by atoms with Gasteiger partial charge in [-0.1, -0.05) is 43.7 Å². The Morgan fingerprint density at radius 1 is 1.26 bits per heavy atom. The van der Waals surface area contributed by atoms with Gasteiger partial charge in [-0.2, -0.15) is 0 Å². The van der Waals surface area contributed by atoms with Gasteiger partial charge in [-0.25, -0.2) is 4.99 Å². The van der Waals surface area contributed by atoms with Gasteiger partial charge >= 0.3 is 0 Å². The van der Waals surface area contributed by atoms with Crippen LogP contribution in [0.2, 0.25) is 0 Å². The summed E-state index contributed by atoms with van der Waals surface area (Å²) in [6.07, 6.45) is 4.64. The van der Waals surface area contributed by atoms with Gasteiger partial charge in [0.15, 0.2) is 5.96 Å². The average molecular weight is 374 g/mol. The Bertz CT molecular complexity index is 587. The van der Waals surface area contributed by atoms with E-state index >= 15 is 0 Å².